The minimum absolute atomic E-state index is 0.0931. The summed E-state index contributed by atoms with van der Waals surface area (Å²) in [5, 5.41) is 3.41. The van der Waals surface area contributed by atoms with Crippen LogP contribution in [0.1, 0.15) is 27.2 Å². The molecule has 0 aliphatic carbocycles. The third kappa shape index (κ3) is 6.85. The molecule has 0 spiro atoms. The fourth-order valence-corrected chi connectivity index (χ4v) is 2.33. The molecular formula is C14H23N3O6. The van der Waals surface area contributed by atoms with Crippen LogP contribution in [0.5, 0.6) is 0 Å². The standard InChI is InChI=1S/C14H23N3O6/c1-9-7-21-12(8-20-6-4-5-16-17-15)14(23-11(3)19)13(9)22-10(2)18/h9,12-14H,4-8H2,1-3H3/t9?,12?,13-,14+/m1/s1. The summed E-state index contributed by atoms with van der Waals surface area (Å²) >= 11 is 0. The van der Waals surface area contributed by atoms with E-state index in [9.17, 15) is 9.59 Å². The molecule has 2 unspecified atom stereocenters. The number of carbonyl (C=O) groups excluding carboxylic acids is 2. The Morgan fingerprint density at radius 1 is 1.26 bits per heavy atom. The van der Waals surface area contributed by atoms with E-state index in [1.54, 1.807) is 0 Å². The van der Waals surface area contributed by atoms with Gasteiger partial charge in [0.1, 0.15) is 12.2 Å². The average molecular weight is 329 g/mol. The third-order valence-electron chi connectivity index (χ3n) is 3.32. The Labute approximate surface area is 134 Å². The maximum atomic E-state index is 11.3. The molecule has 1 heterocycles. The molecule has 9 nitrogen and oxygen atoms in total. The van der Waals surface area contributed by atoms with E-state index in [0.29, 0.717) is 26.2 Å². The summed E-state index contributed by atoms with van der Waals surface area (Å²) in [6.07, 6.45) is -1.21. The first-order chi connectivity index (χ1) is 11.0. The molecule has 0 aromatic carbocycles. The molecule has 1 fully saturated rings. The molecule has 9 heteroatoms. The second-order valence-corrected chi connectivity index (χ2v) is 5.38. The molecule has 1 aliphatic rings. The molecule has 0 amide bonds. The highest BCUT2D eigenvalue weighted by Gasteiger charge is 2.43. The molecule has 0 saturated carbocycles. The van der Waals surface area contributed by atoms with Crippen molar-refractivity contribution >= 4 is 11.9 Å². The van der Waals surface area contributed by atoms with E-state index >= 15 is 0 Å². The number of nitrogens with zero attached hydrogens (tertiary/aromatic N) is 3. The van der Waals surface area contributed by atoms with Crippen molar-refractivity contribution in [1.29, 1.82) is 0 Å². The summed E-state index contributed by atoms with van der Waals surface area (Å²) in [6.45, 7) is 5.78. The zero-order valence-electron chi connectivity index (χ0n) is 13.6. The lowest BCUT2D eigenvalue weighted by molar-refractivity contribution is -0.212. The number of esters is 2. The maximum Gasteiger partial charge on any atom is 0.303 e. The minimum atomic E-state index is -0.711. The van der Waals surface area contributed by atoms with Crippen molar-refractivity contribution in [2.24, 2.45) is 11.0 Å². The Hall–Kier alpha value is -1.83. The highest BCUT2D eigenvalue weighted by atomic mass is 16.6. The number of carbonyl (C=O) groups is 2. The number of azide groups is 1. The van der Waals surface area contributed by atoms with Gasteiger partial charge in [0.15, 0.2) is 6.10 Å². The SMILES string of the molecule is CC(=O)O[C@@H]1C(C)COC(COCCCN=[N+]=[N-])[C@@H]1OC(C)=O. The third-order valence-corrected chi connectivity index (χ3v) is 3.32. The second kappa shape index (κ2) is 10.0. The van der Waals surface area contributed by atoms with Crippen LogP contribution < -0.4 is 0 Å². The quantitative estimate of drug-likeness (QED) is 0.219. The van der Waals surface area contributed by atoms with Gasteiger partial charge in [-0.1, -0.05) is 12.0 Å². The van der Waals surface area contributed by atoms with Gasteiger partial charge in [0, 0.05) is 37.8 Å². The van der Waals surface area contributed by atoms with Gasteiger partial charge in [-0.15, -0.1) is 0 Å². The van der Waals surface area contributed by atoms with E-state index in [0.717, 1.165) is 0 Å². The van der Waals surface area contributed by atoms with E-state index in [1.165, 1.54) is 13.8 Å². The van der Waals surface area contributed by atoms with Crippen molar-refractivity contribution in [3.63, 3.8) is 0 Å². The van der Waals surface area contributed by atoms with E-state index < -0.39 is 30.3 Å². The van der Waals surface area contributed by atoms with Crippen LogP contribution in [-0.2, 0) is 28.5 Å². The van der Waals surface area contributed by atoms with Gasteiger partial charge in [-0.2, -0.15) is 0 Å². The number of hydrogen-bond donors (Lipinski definition) is 0. The van der Waals surface area contributed by atoms with Crippen molar-refractivity contribution in [1.82, 2.24) is 0 Å². The molecule has 0 N–H and O–H groups in total. The number of rotatable bonds is 8. The summed E-state index contributed by atoms with van der Waals surface area (Å²) in [7, 11) is 0. The highest BCUT2D eigenvalue weighted by molar-refractivity contribution is 5.67. The Balaban J connectivity index is 2.61. The van der Waals surface area contributed by atoms with Crippen LogP contribution in [0.25, 0.3) is 10.4 Å². The number of ether oxygens (including phenoxy) is 4. The molecule has 130 valence electrons. The molecular weight excluding hydrogens is 306 g/mol. The van der Waals surface area contributed by atoms with Crippen molar-refractivity contribution in [2.45, 2.75) is 45.5 Å². The fourth-order valence-electron chi connectivity index (χ4n) is 2.33. The van der Waals surface area contributed by atoms with E-state index in [1.807, 2.05) is 6.92 Å². The van der Waals surface area contributed by atoms with Crippen LogP contribution in [0.4, 0.5) is 0 Å². The van der Waals surface area contributed by atoms with E-state index in [2.05, 4.69) is 10.0 Å². The van der Waals surface area contributed by atoms with Gasteiger partial charge in [-0.25, -0.2) is 0 Å². The van der Waals surface area contributed by atoms with Gasteiger partial charge >= 0.3 is 11.9 Å². The Morgan fingerprint density at radius 2 is 1.91 bits per heavy atom. The van der Waals surface area contributed by atoms with E-state index in [4.69, 9.17) is 24.5 Å². The van der Waals surface area contributed by atoms with Gasteiger partial charge in [-0.05, 0) is 12.0 Å². The summed E-state index contributed by atoms with van der Waals surface area (Å²) in [5.74, 6) is -1.00. The van der Waals surface area contributed by atoms with Crippen molar-refractivity contribution < 1.29 is 28.5 Å². The van der Waals surface area contributed by atoms with Gasteiger partial charge < -0.3 is 18.9 Å². The lowest BCUT2D eigenvalue weighted by atomic mass is 9.93. The largest absolute Gasteiger partial charge is 0.458 e. The molecule has 0 aromatic heterocycles. The van der Waals surface area contributed by atoms with Crippen LogP contribution in [0.3, 0.4) is 0 Å². The predicted octanol–water partition coefficient (Wildman–Crippen LogP) is 1.60. The summed E-state index contributed by atoms with van der Waals surface area (Å²) in [6, 6.07) is 0. The summed E-state index contributed by atoms with van der Waals surface area (Å²) < 4.78 is 21.7. The van der Waals surface area contributed by atoms with Crippen LogP contribution in [-0.4, -0.2) is 56.6 Å². The first kappa shape index (κ1) is 19.2. The van der Waals surface area contributed by atoms with Gasteiger partial charge in [0.05, 0.1) is 13.2 Å². The molecule has 1 rings (SSSR count). The van der Waals surface area contributed by atoms with Crippen LogP contribution in [0, 0.1) is 5.92 Å². The van der Waals surface area contributed by atoms with E-state index in [-0.39, 0.29) is 12.5 Å². The van der Waals surface area contributed by atoms with Gasteiger partial charge in [-0.3, -0.25) is 9.59 Å². The molecule has 0 radical (unpaired) electrons. The van der Waals surface area contributed by atoms with Crippen LogP contribution in [0.15, 0.2) is 5.11 Å². The minimum Gasteiger partial charge on any atom is -0.458 e. The molecule has 0 bridgehead atoms. The van der Waals surface area contributed by atoms with Crippen LogP contribution >= 0.6 is 0 Å². The zero-order chi connectivity index (χ0) is 17.2. The maximum absolute atomic E-state index is 11.3. The molecule has 4 atom stereocenters. The number of hydrogen-bond acceptors (Lipinski definition) is 7. The topological polar surface area (TPSA) is 120 Å². The molecule has 1 saturated heterocycles. The molecule has 23 heavy (non-hydrogen) atoms. The average Bonchev–Trinajstić information content (AvgIpc) is 2.47. The molecule has 1 aliphatic heterocycles. The summed E-state index contributed by atoms with van der Waals surface area (Å²) in [5.41, 5.74) is 8.18. The fraction of sp³-hybridized carbons (Fsp3) is 0.857. The Kier molecular flexibility index (Phi) is 8.39. The Morgan fingerprint density at radius 3 is 2.52 bits per heavy atom. The normalized spacial score (nSPS) is 26.9. The molecule has 0 aromatic rings. The Bertz CT molecular complexity index is 452. The van der Waals surface area contributed by atoms with Gasteiger partial charge in [0.25, 0.3) is 0 Å². The first-order valence-electron chi connectivity index (χ1n) is 7.50. The zero-order valence-corrected chi connectivity index (χ0v) is 13.6. The monoisotopic (exact) mass is 329 g/mol. The first-order valence-corrected chi connectivity index (χ1v) is 7.50. The second-order valence-electron chi connectivity index (χ2n) is 5.38. The van der Waals surface area contributed by atoms with Gasteiger partial charge in [0.2, 0.25) is 0 Å². The van der Waals surface area contributed by atoms with Crippen molar-refractivity contribution in [3.05, 3.63) is 10.4 Å². The van der Waals surface area contributed by atoms with Crippen LogP contribution in [0.2, 0.25) is 0 Å². The lowest BCUT2D eigenvalue weighted by Crippen LogP contribution is -2.54. The predicted molar refractivity (Wildman–Crippen MR) is 79.5 cm³/mol. The lowest BCUT2D eigenvalue weighted by Gasteiger charge is -2.40. The van der Waals surface area contributed by atoms with Crippen molar-refractivity contribution in [2.75, 3.05) is 26.4 Å². The smallest absolute Gasteiger partial charge is 0.303 e. The van der Waals surface area contributed by atoms with Crippen molar-refractivity contribution in [3.8, 4) is 0 Å². The summed E-state index contributed by atoms with van der Waals surface area (Å²) in [4.78, 5) is 25.3. The highest BCUT2D eigenvalue weighted by Crippen LogP contribution is 2.26.